The zero-order chi connectivity index (χ0) is 21.2. The first-order chi connectivity index (χ1) is 13.7. The van der Waals surface area contributed by atoms with Gasteiger partial charge in [0.1, 0.15) is 11.7 Å². The molecule has 3 unspecified atom stereocenters. The Labute approximate surface area is 175 Å². The van der Waals surface area contributed by atoms with Crippen LogP contribution in [0, 0.1) is 23.7 Å². The molecule has 2 fully saturated rings. The van der Waals surface area contributed by atoms with Gasteiger partial charge in [-0.15, -0.1) is 0 Å². The van der Waals surface area contributed by atoms with E-state index in [0.29, 0.717) is 24.7 Å². The standard InChI is InChI=1S/C24H38O5/c1-5-16(3)23(27)29-24-11-10-15(2)12-18(24)7-6-17(4)21(24)9-8-20-13-19(25)14-22(26)28-20/h7,15-17,19-21,25H,5-6,8-14H2,1-4H3/t15-,16?,17+,19+,20+,21?,24?/m1/s1. The molecular weight excluding hydrogens is 368 g/mol. The lowest BCUT2D eigenvalue weighted by Gasteiger charge is -2.51. The molecule has 1 heterocycles. The first-order valence-electron chi connectivity index (χ1n) is 11.5. The molecule has 1 saturated carbocycles. The van der Waals surface area contributed by atoms with E-state index in [0.717, 1.165) is 38.5 Å². The van der Waals surface area contributed by atoms with Crippen molar-refractivity contribution in [2.75, 3.05) is 0 Å². The van der Waals surface area contributed by atoms with Crippen LogP contribution in [0.1, 0.15) is 85.5 Å². The predicted octanol–water partition coefficient (Wildman–Crippen LogP) is 4.56. The maximum atomic E-state index is 12.9. The number of allylic oxidation sites excluding steroid dienone is 1. The summed E-state index contributed by atoms with van der Waals surface area (Å²) in [5, 5.41) is 9.93. The summed E-state index contributed by atoms with van der Waals surface area (Å²) in [6.07, 6.45) is 8.35. The van der Waals surface area contributed by atoms with Crippen molar-refractivity contribution in [3.8, 4) is 0 Å². The van der Waals surface area contributed by atoms with Gasteiger partial charge in [-0.25, -0.2) is 0 Å². The number of rotatable bonds is 6. The smallest absolute Gasteiger partial charge is 0.309 e. The van der Waals surface area contributed by atoms with Crippen molar-refractivity contribution < 1.29 is 24.2 Å². The average Bonchev–Trinajstić information content (AvgIpc) is 2.66. The molecule has 5 heteroatoms. The molecule has 0 bridgehead atoms. The topological polar surface area (TPSA) is 72.8 Å². The van der Waals surface area contributed by atoms with Crippen molar-refractivity contribution in [1.29, 1.82) is 0 Å². The highest BCUT2D eigenvalue weighted by Crippen LogP contribution is 2.52. The summed E-state index contributed by atoms with van der Waals surface area (Å²) in [5.74, 6) is 0.737. The Morgan fingerprint density at radius 1 is 1.34 bits per heavy atom. The van der Waals surface area contributed by atoms with Crippen molar-refractivity contribution in [2.45, 2.75) is 103 Å². The molecule has 164 valence electrons. The van der Waals surface area contributed by atoms with Crippen molar-refractivity contribution in [1.82, 2.24) is 0 Å². The van der Waals surface area contributed by atoms with Crippen molar-refractivity contribution >= 4 is 11.9 Å². The number of aliphatic hydroxyl groups is 1. The Morgan fingerprint density at radius 2 is 2.10 bits per heavy atom. The molecule has 1 aliphatic heterocycles. The molecule has 7 atom stereocenters. The van der Waals surface area contributed by atoms with E-state index < -0.39 is 11.7 Å². The van der Waals surface area contributed by atoms with Crippen LogP contribution in [0.3, 0.4) is 0 Å². The molecule has 3 aliphatic rings. The Hall–Kier alpha value is -1.36. The Morgan fingerprint density at radius 3 is 2.79 bits per heavy atom. The van der Waals surface area contributed by atoms with Crippen LogP contribution in [-0.4, -0.2) is 34.9 Å². The third kappa shape index (κ3) is 4.87. The number of aliphatic hydroxyl groups excluding tert-OH is 1. The van der Waals surface area contributed by atoms with E-state index in [2.05, 4.69) is 19.9 Å². The lowest BCUT2D eigenvalue weighted by molar-refractivity contribution is -0.174. The molecule has 0 aromatic rings. The summed E-state index contributed by atoms with van der Waals surface area (Å²) in [5.41, 5.74) is 0.791. The number of esters is 2. The van der Waals surface area contributed by atoms with E-state index in [1.807, 2.05) is 13.8 Å². The third-order valence-electron chi connectivity index (χ3n) is 7.47. The van der Waals surface area contributed by atoms with E-state index in [1.165, 1.54) is 5.57 Å². The lowest BCUT2D eigenvalue weighted by Crippen LogP contribution is -2.52. The molecule has 0 spiro atoms. The normalized spacial score (nSPS) is 38.4. The molecule has 1 saturated heterocycles. The number of hydrogen-bond donors (Lipinski definition) is 1. The van der Waals surface area contributed by atoms with Crippen LogP contribution in [0.25, 0.3) is 0 Å². The van der Waals surface area contributed by atoms with Gasteiger partial charge in [-0.3, -0.25) is 9.59 Å². The van der Waals surface area contributed by atoms with E-state index in [9.17, 15) is 14.7 Å². The molecule has 1 N–H and O–H groups in total. The molecule has 0 aromatic heterocycles. The minimum atomic E-state index is -0.604. The summed E-state index contributed by atoms with van der Waals surface area (Å²) in [7, 11) is 0. The van der Waals surface area contributed by atoms with E-state index in [4.69, 9.17) is 9.47 Å². The summed E-state index contributed by atoms with van der Waals surface area (Å²) >= 11 is 0. The second-order valence-corrected chi connectivity index (χ2v) is 9.80. The second kappa shape index (κ2) is 9.20. The number of ether oxygens (including phenoxy) is 2. The van der Waals surface area contributed by atoms with Gasteiger partial charge in [-0.1, -0.05) is 33.8 Å². The van der Waals surface area contributed by atoms with Gasteiger partial charge in [0.15, 0.2) is 0 Å². The van der Waals surface area contributed by atoms with Gasteiger partial charge in [0.2, 0.25) is 0 Å². The SMILES string of the molecule is CCC(C)C(=O)OC12CC[C@@H](C)CC1=CC[C@H](C)C2CC[C@H]1C[C@H](O)CC(=O)O1. The average molecular weight is 407 g/mol. The van der Waals surface area contributed by atoms with Crippen LogP contribution in [0.4, 0.5) is 0 Å². The zero-order valence-electron chi connectivity index (χ0n) is 18.5. The summed E-state index contributed by atoms with van der Waals surface area (Å²) in [6.45, 7) is 8.48. The Bertz CT molecular complexity index is 641. The van der Waals surface area contributed by atoms with Gasteiger partial charge in [-0.05, 0) is 62.4 Å². The summed E-state index contributed by atoms with van der Waals surface area (Å²) in [6, 6.07) is 0. The van der Waals surface area contributed by atoms with Crippen LogP contribution < -0.4 is 0 Å². The van der Waals surface area contributed by atoms with Crippen molar-refractivity contribution in [3.05, 3.63) is 11.6 Å². The number of hydrogen-bond acceptors (Lipinski definition) is 5. The molecule has 0 amide bonds. The molecule has 3 rings (SSSR count). The van der Waals surface area contributed by atoms with E-state index in [-0.39, 0.29) is 36.3 Å². The molecule has 2 aliphatic carbocycles. The Balaban J connectivity index is 1.81. The van der Waals surface area contributed by atoms with Crippen LogP contribution in [0.2, 0.25) is 0 Å². The van der Waals surface area contributed by atoms with Gasteiger partial charge in [0, 0.05) is 12.3 Å². The second-order valence-electron chi connectivity index (χ2n) is 9.80. The van der Waals surface area contributed by atoms with E-state index in [1.54, 1.807) is 0 Å². The fraction of sp³-hybridized carbons (Fsp3) is 0.833. The maximum Gasteiger partial charge on any atom is 0.309 e. The predicted molar refractivity (Wildman–Crippen MR) is 111 cm³/mol. The van der Waals surface area contributed by atoms with Crippen molar-refractivity contribution in [2.24, 2.45) is 23.7 Å². The largest absolute Gasteiger partial charge is 0.462 e. The first-order valence-corrected chi connectivity index (χ1v) is 11.5. The lowest BCUT2D eigenvalue weighted by atomic mass is 9.60. The van der Waals surface area contributed by atoms with Crippen LogP contribution in [0.5, 0.6) is 0 Å². The van der Waals surface area contributed by atoms with Crippen LogP contribution in [-0.2, 0) is 19.1 Å². The minimum Gasteiger partial charge on any atom is -0.462 e. The molecule has 5 nitrogen and oxygen atoms in total. The first kappa shape index (κ1) is 22.3. The molecular formula is C24H38O5. The number of fused-ring (bicyclic) bond motifs is 1. The van der Waals surface area contributed by atoms with Gasteiger partial charge < -0.3 is 14.6 Å². The highest BCUT2D eigenvalue weighted by atomic mass is 16.6. The quantitative estimate of drug-likeness (QED) is 0.517. The molecule has 0 aromatic carbocycles. The molecule has 29 heavy (non-hydrogen) atoms. The zero-order valence-corrected chi connectivity index (χ0v) is 18.5. The maximum absolute atomic E-state index is 12.9. The number of cyclic esters (lactones) is 1. The van der Waals surface area contributed by atoms with Gasteiger partial charge in [-0.2, -0.15) is 0 Å². The number of carbonyl (C=O) groups excluding carboxylic acids is 2. The van der Waals surface area contributed by atoms with Gasteiger partial charge in [0.25, 0.3) is 0 Å². The highest BCUT2D eigenvalue weighted by Gasteiger charge is 2.51. The molecule has 0 radical (unpaired) electrons. The van der Waals surface area contributed by atoms with Gasteiger partial charge in [0.05, 0.1) is 18.4 Å². The highest BCUT2D eigenvalue weighted by molar-refractivity contribution is 5.73. The summed E-state index contributed by atoms with van der Waals surface area (Å²) < 4.78 is 11.9. The van der Waals surface area contributed by atoms with Crippen molar-refractivity contribution in [3.63, 3.8) is 0 Å². The fourth-order valence-electron chi connectivity index (χ4n) is 5.46. The van der Waals surface area contributed by atoms with Gasteiger partial charge >= 0.3 is 11.9 Å². The minimum absolute atomic E-state index is 0.0911. The van der Waals surface area contributed by atoms with Crippen LogP contribution in [0.15, 0.2) is 11.6 Å². The monoisotopic (exact) mass is 406 g/mol. The third-order valence-corrected chi connectivity index (χ3v) is 7.47. The summed E-state index contributed by atoms with van der Waals surface area (Å²) in [4.78, 5) is 24.6. The Kier molecular flexibility index (Phi) is 7.08. The van der Waals surface area contributed by atoms with Crippen LogP contribution >= 0.6 is 0 Å². The number of carbonyl (C=O) groups is 2. The fourth-order valence-corrected chi connectivity index (χ4v) is 5.46. The van der Waals surface area contributed by atoms with E-state index >= 15 is 0 Å².